The van der Waals surface area contributed by atoms with Gasteiger partial charge in [0.15, 0.2) is 6.61 Å². The first-order valence-corrected chi connectivity index (χ1v) is 9.02. The molecule has 24 heavy (non-hydrogen) atoms. The quantitative estimate of drug-likeness (QED) is 0.582. The van der Waals surface area contributed by atoms with E-state index in [1.807, 2.05) is 19.1 Å². The van der Waals surface area contributed by atoms with Gasteiger partial charge in [0.1, 0.15) is 5.75 Å². The number of carboxylic acid groups (broad SMARTS) is 1. The Morgan fingerprint density at radius 1 is 1.25 bits per heavy atom. The van der Waals surface area contributed by atoms with E-state index in [1.54, 1.807) is 0 Å². The Morgan fingerprint density at radius 2 is 1.96 bits per heavy atom. The van der Waals surface area contributed by atoms with E-state index in [4.69, 9.17) is 9.84 Å². The van der Waals surface area contributed by atoms with Gasteiger partial charge in [0, 0.05) is 17.4 Å². The molecule has 0 atom stereocenters. The number of aliphatic carboxylic acids is 1. The van der Waals surface area contributed by atoms with E-state index in [-0.39, 0.29) is 18.9 Å². The number of carboxylic acids is 1. The van der Waals surface area contributed by atoms with Crippen molar-refractivity contribution in [3.8, 4) is 5.75 Å². The summed E-state index contributed by atoms with van der Waals surface area (Å²) in [5.74, 6) is 0.0956. The molecule has 1 aromatic carbocycles. The smallest absolute Gasteiger partial charge is 0.303 e. The number of amides is 1. The number of rotatable bonds is 10. The Labute approximate surface area is 151 Å². The minimum atomic E-state index is -0.779. The zero-order valence-corrected chi connectivity index (χ0v) is 16.1. The third-order valence-corrected chi connectivity index (χ3v) is 4.52. The Balaban J connectivity index is 2.39. The number of hydrogen-bond donors (Lipinski definition) is 2. The second-order valence-corrected chi connectivity index (χ2v) is 6.99. The van der Waals surface area contributed by atoms with E-state index in [1.165, 1.54) is 0 Å². The van der Waals surface area contributed by atoms with E-state index in [0.717, 1.165) is 34.2 Å². The summed E-state index contributed by atoms with van der Waals surface area (Å²) in [5.41, 5.74) is 2.13. The summed E-state index contributed by atoms with van der Waals surface area (Å²) in [7, 11) is 0. The monoisotopic (exact) mass is 399 g/mol. The van der Waals surface area contributed by atoms with Gasteiger partial charge in [-0.3, -0.25) is 9.59 Å². The molecular formula is C18H26BrNO4. The van der Waals surface area contributed by atoms with Gasteiger partial charge in [-0.25, -0.2) is 0 Å². The van der Waals surface area contributed by atoms with Crippen molar-refractivity contribution >= 4 is 27.8 Å². The SMILES string of the molecule is Cc1cc(OCC(=O)NCCCCCC(=O)O)c(C(C)C)cc1Br. The zero-order valence-electron chi connectivity index (χ0n) is 14.5. The second-order valence-electron chi connectivity index (χ2n) is 6.14. The molecule has 0 aliphatic carbocycles. The van der Waals surface area contributed by atoms with Crippen LogP contribution in [-0.4, -0.2) is 30.1 Å². The van der Waals surface area contributed by atoms with Crippen molar-refractivity contribution in [1.29, 1.82) is 0 Å². The number of benzene rings is 1. The Hall–Kier alpha value is -1.56. The first-order valence-electron chi connectivity index (χ1n) is 8.22. The summed E-state index contributed by atoms with van der Waals surface area (Å²) in [6, 6.07) is 3.98. The summed E-state index contributed by atoms with van der Waals surface area (Å²) in [4.78, 5) is 22.2. The lowest BCUT2D eigenvalue weighted by atomic mass is 10.0. The molecule has 0 aromatic heterocycles. The maximum Gasteiger partial charge on any atom is 0.303 e. The highest BCUT2D eigenvalue weighted by atomic mass is 79.9. The summed E-state index contributed by atoms with van der Waals surface area (Å²) < 4.78 is 6.73. The van der Waals surface area contributed by atoms with Crippen LogP contribution >= 0.6 is 15.9 Å². The van der Waals surface area contributed by atoms with Gasteiger partial charge < -0.3 is 15.2 Å². The van der Waals surface area contributed by atoms with E-state index in [2.05, 4.69) is 35.1 Å². The van der Waals surface area contributed by atoms with Crippen LogP contribution in [0.2, 0.25) is 0 Å². The fraction of sp³-hybridized carbons (Fsp3) is 0.556. The molecule has 0 aliphatic rings. The van der Waals surface area contributed by atoms with Gasteiger partial charge in [-0.1, -0.05) is 36.2 Å². The fourth-order valence-electron chi connectivity index (χ4n) is 2.25. The third-order valence-electron chi connectivity index (χ3n) is 3.66. The van der Waals surface area contributed by atoms with Crippen molar-refractivity contribution in [3.05, 3.63) is 27.7 Å². The van der Waals surface area contributed by atoms with Crippen molar-refractivity contribution in [2.24, 2.45) is 0 Å². The predicted molar refractivity (Wildman–Crippen MR) is 97.6 cm³/mol. The lowest BCUT2D eigenvalue weighted by molar-refractivity contribution is -0.137. The van der Waals surface area contributed by atoms with Gasteiger partial charge >= 0.3 is 5.97 Å². The molecule has 0 fully saturated rings. The largest absolute Gasteiger partial charge is 0.483 e. The maximum absolute atomic E-state index is 11.9. The average Bonchev–Trinajstić information content (AvgIpc) is 2.50. The van der Waals surface area contributed by atoms with Crippen LogP contribution in [0.3, 0.4) is 0 Å². The van der Waals surface area contributed by atoms with E-state index >= 15 is 0 Å². The molecular weight excluding hydrogens is 374 g/mol. The van der Waals surface area contributed by atoms with E-state index in [0.29, 0.717) is 18.9 Å². The lowest BCUT2D eigenvalue weighted by Gasteiger charge is -2.16. The van der Waals surface area contributed by atoms with Gasteiger partial charge in [0.05, 0.1) is 0 Å². The molecule has 0 aliphatic heterocycles. The van der Waals surface area contributed by atoms with Gasteiger partial charge in [-0.05, 0) is 48.9 Å². The van der Waals surface area contributed by atoms with E-state index in [9.17, 15) is 9.59 Å². The summed E-state index contributed by atoms with van der Waals surface area (Å²) >= 11 is 3.52. The molecule has 1 rings (SSSR count). The summed E-state index contributed by atoms with van der Waals surface area (Å²) in [6.45, 7) is 6.68. The molecule has 5 nitrogen and oxygen atoms in total. The highest BCUT2D eigenvalue weighted by Crippen LogP contribution is 2.32. The molecule has 0 heterocycles. The molecule has 1 aromatic rings. The number of carbonyl (C=O) groups is 2. The highest BCUT2D eigenvalue weighted by molar-refractivity contribution is 9.10. The number of unbranched alkanes of at least 4 members (excludes halogenated alkanes) is 2. The number of hydrogen-bond acceptors (Lipinski definition) is 3. The molecule has 0 unspecified atom stereocenters. The maximum atomic E-state index is 11.9. The molecule has 6 heteroatoms. The van der Waals surface area contributed by atoms with Crippen LogP contribution < -0.4 is 10.1 Å². The topological polar surface area (TPSA) is 75.6 Å². The standard InChI is InChI=1S/C18H26BrNO4/c1-12(2)14-10-15(19)13(3)9-16(14)24-11-17(21)20-8-6-4-5-7-18(22)23/h9-10,12H,4-8,11H2,1-3H3,(H,20,21)(H,22,23). The zero-order chi connectivity index (χ0) is 18.1. The molecule has 134 valence electrons. The number of aryl methyl sites for hydroxylation is 1. The molecule has 0 spiro atoms. The van der Waals surface area contributed by atoms with Crippen molar-refractivity contribution in [2.45, 2.75) is 52.4 Å². The Morgan fingerprint density at radius 3 is 2.58 bits per heavy atom. The van der Waals surface area contributed by atoms with Crippen molar-refractivity contribution in [3.63, 3.8) is 0 Å². The van der Waals surface area contributed by atoms with Crippen LogP contribution in [0.5, 0.6) is 5.75 Å². The third kappa shape index (κ3) is 7.34. The first kappa shape index (κ1) is 20.5. The van der Waals surface area contributed by atoms with Crippen LogP contribution in [0, 0.1) is 6.92 Å². The molecule has 1 amide bonds. The van der Waals surface area contributed by atoms with E-state index < -0.39 is 5.97 Å². The molecule has 0 radical (unpaired) electrons. The van der Waals surface area contributed by atoms with Crippen molar-refractivity contribution in [1.82, 2.24) is 5.32 Å². The van der Waals surface area contributed by atoms with Crippen LogP contribution in [0.25, 0.3) is 0 Å². The van der Waals surface area contributed by atoms with Crippen LogP contribution in [0.15, 0.2) is 16.6 Å². The summed E-state index contributed by atoms with van der Waals surface area (Å²) in [6.07, 6.45) is 2.38. The Bertz CT molecular complexity index is 572. The lowest BCUT2D eigenvalue weighted by Crippen LogP contribution is -2.29. The van der Waals surface area contributed by atoms with Gasteiger partial charge in [0.2, 0.25) is 0 Å². The minimum absolute atomic E-state index is 0.0179. The fourth-order valence-corrected chi connectivity index (χ4v) is 2.61. The number of nitrogens with one attached hydrogen (secondary N) is 1. The highest BCUT2D eigenvalue weighted by Gasteiger charge is 2.12. The molecule has 0 bridgehead atoms. The number of carbonyl (C=O) groups excluding carboxylic acids is 1. The number of halogens is 1. The Kier molecular flexibility index (Phi) is 8.82. The average molecular weight is 400 g/mol. The van der Waals surface area contributed by atoms with Gasteiger partial charge in [-0.15, -0.1) is 0 Å². The van der Waals surface area contributed by atoms with Crippen LogP contribution in [-0.2, 0) is 9.59 Å². The molecule has 2 N–H and O–H groups in total. The van der Waals surface area contributed by atoms with Crippen molar-refractivity contribution < 1.29 is 19.4 Å². The summed E-state index contributed by atoms with van der Waals surface area (Å²) in [5, 5.41) is 11.3. The predicted octanol–water partition coefficient (Wildman–Crippen LogP) is 4.02. The minimum Gasteiger partial charge on any atom is -0.483 e. The second kappa shape index (κ2) is 10.3. The molecule has 0 saturated carbocycles. The first-order chi connectivity index (χ1) is 11.3. The van der Waals surface area contributed by atoms with Gasteiger partial charge in [-0.2, -0.15) is 0 Å². The normalized spacial score (nSPS) is 10.7. The van der Waals surface area contributed by atoms with Crippen LogP contribution in [0.1, 0.15) is 56.6 Å². The molecule has 0 saturated heterocycles. The van der Waals surface area contributed by atoms with Crippen LogP contribution in [0.4, 0.5) is 0 Å². The van der Waals surface area contributed by atoms with Gasteiger partial charge in [0.25, 0.3) is 5.91 Å². The van der Waals surface area contributed by atoms with Crippen molar-refractivity contribution in [2.75, 3.05) is 13.2 Å². The number of ether oxygens (including phenoxy) is 1.